The van der Waals surface area contributed by atoms with E-state index in [0.717, 1.165) is 11.1 Å². The Morgan fingerprint density at radius 2 is 1.50 bits per heavy atom. The zero-order chi connectivity index (χ0) is 15.7. The largest absolute Gasteiger partial charge is 0.507 e. The second-order valence-electron chi connectivity index (χ2n) is 5.41. The fourth-order valence-electron chi connectivity index (χ4n) is 2.56. The van der Waals surface area contributed by atoms with Gasteiger partial charge in [0, 0.05) is 5.56 Å². The van der Waals surface area contributed by atoms with Gasteiger partial charge in [-0.25, -0.2) is 0 Å². The third-order valence-corrected chi connectivity index (χ3v) is 3.84. The van der Waals surface area contributed by atoms with Crippen LogP contribution in [0, 0.1) is 13.8 Å². The second-order valence-corrected chi connectivity index (χ2v) is 5.41. The Bertz CT molecular complexity index is 862. The van der Waals surface area contributed by atoms with E-state index < -0.39 is 0 Å². The van der Waals surface area contributed by atoms with Crippen LogP contribution in [0.2, 0.25) is 0 Å². The lowest BCUT2D eigenvalue weighted by Crippen LogP contribution is -2.12. The van der Waals surface area contributed by atoms with Crippen molar-refractivity contribution < 1.29 is 5.11 Å². The number of hydrogen-bond acceptors (Lipinski definition) is 2. The molecule has 0 saturated heterocycles. The fourth-order valence-corrected chi connectivity index (χ4v) is 2.56. The van der Waals surface area contributed by atoms with E-state index >= 15 is 0 Å². The van der Waals surface area contributed by atoms with Gasteiger partial charge in [0.05, 0.1) is 11.3 Å². The second kappa shape index (κ2) is 5.53. The normalized spacial score (nSPS) is 10.6. The molecule has 0 unspecified atom stereocenters. The Morgan fingerprint density at radius 3 is 2.14 bits per heavy atom. The summed E-state index contributed by atoms with van der Waals surface area (Å²) in [6.45, 7) is 3.82. The lowest BCUT2D eigenvalue weighted by molar-refractivity contribution is 0.472. The molecule has 0 fully saturated rings. The molecule has 0 radical (unpaired) electrons. The molecule has 0 aliphatic heterocycles. The Balaban J connectivity index is 2.21. The summed E-state index contributed by atoms with van der Waals surface area (Å²) in [5, 5.41) is 10.5. The minimum absolute atomic E-state index is 0.0329. The van der Waals surface area contributed by atoms with E-state index in [0.29, 0.717) is 22.4 Å². The molecule has 3 rings (SSSR count). The van der Waals surface area contributed by atoms with Crippen LogP contribution in [0.3, 0.4) is 0 Å². The highest BCUT2D eigenvalue weighted by Crippen LogP contribution is 2.33. The first-order chi connectivity index (χ1) is 10.6. The molecule has 0 bridgehead atoms. The molecular formula is C19H17NO2. The molecule has 0 saturated carbocycles. The van der Waals surface area contributed by atoms with Crippen molar-refractivity contribution in [1.82, 2.24) is 4.98 Å². The fraction of sp³-hybridized carbons (Fsp3) is 0.105. The van der Waals surface area contributed by atoms with Gasteiger partial charge >= 0.3 is 0 Å². The van der Waals surface area contributed by atoms with Crippen LogP contribution in [0.15, 0.2) is 59.4 Å². The molecule has 0 atom stereocenters. The Hall–Kier alpha value is -2.81. The zero-order valence-electron chi connectivity index (χ0n) is 12.6. The molecule has 0 aliphatic rings. The summed E-state index contributed by atoms with van der Waals surface area (Å²) in [6.07, 6.45) is 0. The van der Waals surface area contributed by atoms with E-state index in [1.807, 2.05) is 68.4 Å². The van der Waals surface area contributed by atoms with Crippen LogP contribution in [-0.2, 0) is 0 Å². The molecule has 1 heterocycles. The molecule has 0 spiro atoms. The van der Waals surface area contributed by atoms with Crippen LogP contribution in [0.4, 0.5) is 0 Å². The number of H-pyrrole nitrogens is 1. The van der Waals surface area contributed by atoms with Crippen LogP contribution < -0.4 is 5.56 Å². The summed E-state index contributed by atoms with van der Waals surface area (Å²) < 4.78 is 0. The maximum absolute atomic E-state index is 12.4. The summed E-state index contributed by atoms with van der Waals surface area (Å²) in [4.78, 5) is 15.3. The maximum Gasteiger partial charge on any atom is 0.260 e. The summed E-state index contributed by atoms with van der Waals surface area (Å²) >= 11 is 0. The molecule has 2 N–H and O–H groups in total. The van der Waals surface area contributed by atoms with Crippen molar-refractivity contribution in [3.63, 3.8) is 0 Å². The highest BCUT2D eigenvalue weighted by molar-refractivity contribution is 5.76. The summed E-state index contributed by atoms with van der Waals surface area (Å²) in [5.41, 5.74) is 4.09. The van der Waals surface area contributed by atoms with Crippen LogP contribution in [-0.4, -0.2) is 10.1 Å². The molecule has 0 aliphatic carbocycles. The molecule has 110 valence electrons. The SMILES string of the molecule is Cc1ccc(-c2[nH]c(=O)c(-c3ccccc3)c(O)c2C)cc1. The average Bonchev–Trinajstić information content (AvgIpc) is 2.53. The number of aromatic amines is 1. The molecule has 0 amide bonds. The summed E-state index contributed by atoms with van der Waals surface area (Å²) in [7, 11) is 0. The van der Waals surface area contributed by atoms with E-state index in [-0.39, 0.29) is 11.3 Å². The van der Waals surface area contributed by atoms with Gasteiger partial charge in [-0.3, -0.25) is 4.79 Å². The molecule has 3 heteroatoms. The van der Waals surface area contributed by atoms with Crippen LogP contribution in [0.25, 0.3) is 22.4 Å². The predicted molar refractivity (Wildman–Crippen MR) is 89.1 cm³/mol. The minimum Gasteiger partial charge on any atom is -0.507 e. The van der Waals surface area contributed by atoms with Gasteiger partial charge in [0.2, 0.25) is 0 Å². The summed E-state index contributed by atoms with van der Waals surface area (Å²) in [5.74, 6) is 0.0329. The first kappa shape index (κ1) is 14.1. The van der Waals surface area contributed by atoms with Crippen LogP contribution in [0.1, 0.15) is 11.1 Å². The quantitative estimate of drug-likeness (QED) is 0.749. The van der Waals surface area contributed by atoms with Gasteiger partial charge in [-0.1, -0.05) is 60.2 Å². The maximum atomic E-state index is 12.4. The number of aromatic nitrogens is 1. The van der Waals surface area contributed by atoms with E-state index in [9.17, 15) is 9.90 Å². The number of aryl methyl sites for hydroxylation is 1. The van der Waals surface area contributed by atoms with Gasteiger partial charge in [-0.2, -0.15) is 0 Å². The zero-order valence-corrected chi connectivity index (χ0v) is 12.6. The number of aromatic hydroxyl groups is 1. The number of rotatable bonds is 2. The molecular weight excluding hydrogens is 274 g/mol. The van der Waals surface area contributed by atoms with Crippen LogP contribution in [0.5, 0.6) is 5.75 Å². The third-order valence-electron chi connectivity index (χ3n) is 3.84. The van der Waals surface area contributed by atoms with Crippen molar-refractivity contribution in [2.45, 2.75) is 13.8 Å². The number of nitrogens with one attached hydrogen (secondary N) is 1. The van der Waals surface area contributed by atoms with Gasteiger partial charge in [-0.05, 0) is 25.0 Å². The summed E-state index contributed by atoms with van der Waals surface area (Å²) in [6, 6.07) is 17.0. The number of pyridine rings is 1. The Labute approximate surface area is 128 Å². The predicted octanol–water partition coefficient (Wildman–Crippen LogP) is 4.03. The number of hydrogen-bond donors (Lipinski definition) is 2. The van der Waals surface area contributed by atoms with Gasteiger partial charge in [0.1, 0.15) is 5.75 Å². The van der Waals surface area contributed by atoms with Crippen molar-refractivity contribution in [1.29, 1.82) is 0 Å². The molecule has 3 aromatic rings. The van der Waals surface area contributed by atoms with Gasteiger partial charge < -0.3 is 10.1 Å². The van der Waals surface area contributed by atoms with E-state index in [2.05, 4.69) is 4.98 Å². The van der Waals surface area contributed by atoms with Crippen molar-refractivity contribution in [2.75, 3.05) is 0 Å². The van der Waals surface area contributed by atoms with E-state index in [4.69, 9.17) is 0 Å². The molecule has 3 nitrogen and oxygen atoms in total. The lowest BCUT2D eigenvalue weighted by Gasteiger charge is -2.12. The highest BCUT2D eigenvalue weighted by Gasteiger charge is 2.16. The van der Waals surface area contributed by atoms with Crippen LogP contribution >= 0.6 is 0 Å². The first-order valence-electron chi connectivity index (χ1n) is 7.16. The smallest absolute Gasteiger partial charge is 0.260 e. The van der Waals surface area contributed by atoms with Crippen molar-refractivity contribution in [3.8, 4) is 28.1 Å². The van der Waals surface area contributed by atoms with Crippen molar-refractivity contribution in [2.24, 2.45) is 0 Å². The monoisotopic (exact) mass is 291 g/mol. The van der Waals surface area contributed by atoms with E-state index in [1.54, 1.807) is 0 Å². The van der Waals surface area contributed by atoms with Gasteiger partial charge in [0.15, 0.2) is 0 Å². The molecule has 2 aromatic carbocycles. The number of benzene rings is 2. The molecule has 1 aromatic heterocycles. The minimum atomic E-state index is -0.287. The topological polar surface area (TPSA) is 53.1 Å². The standard InChI is InChI=1S/C19H17NO2/c1-12-8-10-15(11-9-12)17-13(2)18(21)16(19(22)20-17)14-6-4-3-5-7-14/h3-11H,1-2H3,(H2,20,21,22). The van der Waals surface area contributed by atoms with Crippen molar-refractivity contribution in [3.05, 3.63) is 76.1 Å². The van der Waals surface area contributed by atoms with Gasteiger partial charge in [0.25, 0.3) is 5.56 Å². The van der Waals surface area contributed by atoms with E-state index in [1.165, 1.54) is 0 Å². The Kier molecular flexibility index (Phi) is 3.55. The van der Waals surface area contributed by atoms with Crippen molar-refractivity contribution >= 4 is 0 Å². The Morgan fingerprint density at radius 1 is 0.864 bits per heavy atom. The third kappa shape index (κ3) is 2.42. The lowest BCUT2D eigenvalue weighted by atomic mass is 9.99. The molecule has 22 heavy (non-hydrogen) atoms. The first-order valence-corrected chi connectivity index (χ1v) is 7.16. The van der Waals surface area contributed by atoms with Gasteiger partial charge in [-0.15, -0.1) is 0 Å². The average molecular weight is 291 g/mol. The highest BCUT2D eigenvalue weighted by atomic mass is 16.3.